The van der Waals surface area contributed by atoms with Crippen molar-refractivity contribution < 1.29 is 4.39 Å². The average Bonchev–Trinajstić information content (AvgIpc) is 2.85. The monoisotopic (exact) mass is 286 g/mol. The van der Waals surface area contributed by atoms with E-state index in [9.17, 15) is 4.39 Å². The number of halogens is 1. The Kier molecular flexibility index (Phi) is 3.15. The highest BCUT2D eigenvalue weighted by molar-refractivity contribution is 7.71. The molecule has 0 unspecified atom stereocenters. The maximum absolute atomic E-state index is 13.3. The zero-order chi connectivity index (χ0) is 14.1. The molecule has 0 aliphatic rings. The number of nitrogens with one attached hydrogen (secondary N) is 1. The minimum absolute atomic E-state index is 0.310. The maximum Gasteiger partial charge on any atom is 0.139 e. The van der Waals surface area contributed by atoms with Crippen LogP contribution in [0.15, 0.2) is 42.7 Å². The Hall–Kier alpha value is -2.34. The van der Waals surface area contributed by atoms with E-state index in [2.05, 4.69) is 15.1 Å². The van der Waals surface area contributed by atoms with E-state index < -0.39 is 0 Å². The highest BCUT2D eigenvalue weighted by Gasteiger charge is 2.06. The zero-order valence-corrected chi connectivity index (χ0v) is 11.5. The predicted molar refractivity (Wildman–Crippen MR) is 77.0 cm³/mol. The van der Waals surface area contributed by atoms with Crippen molar-refractivity contribution >= 4 is 12.2 Å². The molecular formula is C14H11FN4S. The summed E-state index contributed by atoms with van der Waals surface area (Å²) in [6.45, 7) is 0. The first-order valence-electron chi connectivity index (χ1n) is 5.98. The van der Waals surface area contributed by atoms with Crippen LogP contribution in [-0.4, -0.2) is 19.7 Å². The van der Waals surface area contributed by atoms with Crippen molar-refractivity contribution in [3.8, 4) is 22.6 Å². The summed E-state index contributed by atoms with van der Waals surface area (Å²) >= 11 is 5.17. The molecule has 1 N–H and O–H groups in total. The summed E-state index contributed by atoms with van der Waals surface area (Å²) in [5.41, 5.74) is 2.36. The minimum Gasteiger partial charge on any atom is -0.339 e. The van der Waals surface area contributed by atoms with Crippen LogP contribution in [0.2, 0.25) is 0 Å². The molecule has 4 nitrogen and oxygen atoms in total. The Morgan fingerprint density at radius 2 is 2.10 bits per heavy atom. The predicted octanol–water partition coefficient (Wildman–Crippen LogP) is 3.35. The van der Waals surface area contributed by atoms with Crippen LogP contribution in [0.5, 0.6) is 0 Å². The number of hydrogen-bond acceptors (Lipinski definition) is 3. The van der Waals surface area contributed by atoms with Crippen LogP contribution >= 0.6 is 12.2 Å². The van der Waals surface area contributed by atoms with Crippen molar-refractivity contribution in [2.75, 3.05) is 0 Å². The quantitative estimate of drug-likeness (QED) is 0.735. The highest BCUT2D eigenvalue weighted by Crippen LogP contribution is 2.21. The van der Waals surface area contributed by atoms with Crippen LogP contribution in [0, 0.1) is 10.5 Å². The van der Waals surface area contributed by atoms with Gasteiger partial charge in [0.15, 0.2) is 0 Å². The lowest BCUT2D eigenvalue weighted by Gasteiger charge is -2.04. The Balaban J connectivity index is 2.14. The molecule has 0 spiro atoms. The SMILES string of the molecule is Cn1cc(-c2cc(=S)nc(-c3cccc(F)c3)[nH]2)cn1. The summed E-state index contributed by atoms with van der Waals surface area (Å²) in [6, 6.07) is 7.99. The lowest BCUT2D eigenvalue weighted by Crippen LogP contribution is -1.93. The van der Waals surface area contributed by atoms with Crippen molar-refractivity contribution in [1.82, 2.24) is 19.7 Å². The van der Waals surface area contributed by atoms with Gasteiger partial charge in [0, 0.05) is 24.4 Å². The average molecular weight is 286 g/mol. The van der Waals surface area contributed by atoms with E-state index in [4.69, 9.17) is 12.2 Å². The lowest BCUT2D eigenvalue weighted by atomic mass is 10.2. The van der Waals surface area contributed by atoms with E-state index in [0.717, 1.165) is 11.3 Å². The molecule has 0 atom stereocenters. The van der Waals surface area contributed by atoms with E-state index in [1.165, 1.54) is 12.1 Å². The van der Waals surface area contributed by atoms with E-state index in [1.807, 2.05) is 13.2 Å². The molecule has 2 aromatic heterocycles. The fourth-order valence-electron chi connectivity index (χ4n) is 1.95. The van der Waals surface area contributed by atoms with E-state index in [1.54, 1.807) is 29.1 Å². The van der Waals surface area contributed by atoms with Gasteiger partial charge >= 0.3 is 0 Å². The molecule has 0 bridgehead atoms. The molecule has 0 amide bonds. The zero-order valence-electron chi connectivity index (χ0n) is 10.7. The van der Waals surface area contributed by atoms with Crippen LogP contribution in [0.1, 0.15) is 0 Å². The third-order valence-corrected chi connectivity index (χ3v) is 3.07. The molecule has 0 aliphatic carbocycles. The summed E-state index contributed by atoms with van der Waals surface area (Å²) < 4.78 is 15.4. The Morgan fingerprint density at radius 3 is 2.80 bits per heavy atom. The van der Waals surface area contributed by atoms with Crippen LogP contribution in [0.3, 0.4) is 0 Å². The van der Waals surface area contributed by atoms with Gasteiger partial charge in [0.1, 0.15) is 16.3 Å². The van der Waals surface area contributed by atoms with E-state index >= 15 is 0 Å². The van der Waals surface area contributed by atoms with Gasteiger partial charge in [-0.25, -0.2) is 9.37 Å². The molecule has 0 saturated carbocycles. The maximum atomic E-state index is 13.3. The van der Waals surface area contributed by atoms with Crippen molar-refractivity contribution in [3.63, 3.8) is 0 Å². The molecule has 0 saturated heterocycles. The first-order chi connectivity index (χ1) is 9.61. The standard InChI is InChI=1S/C14H11FN4S/c1-19-8-10(7-16-19)12-6-13(20)18-14(17-12)9-3-2-4-11(15)5-9/h2-8H,1H3,(H,17,18,20). The van der Waals surface area contributed by atoms with Crippen molar-refractivity contribution in [2.45, 2.75) is 0 Å². The summed E-state index contributed by atoms with van der Waals surface area (Å²) in [5, 5.41) is 4.12. The van der Waals surface area contributed by atoms with Gasteiger partial charge in [0.25, 0.3) is 0 Å². The first kappa shape index (κ1) is 12.7. The molecule has 3 rings (SSSR count). The highest BCUT2D eigenvalue weighted by atomic mass is 32.1. The molecule has 2 heterocycles. The van der Waals surface area contributed by atoms with Crippen molar-refractivity contribution in [3.05, 3.63) is 53.2 Å². The van der Waals surface area contributed by atoms with Crippen molar-refractivity contribution in [1.29, 1.82) is 0 Å². The number of hydrogen-bond donors (Lipinski definition) is 1. The molecule has 6 heteroatoms. The molecule has 20 heavy (non-hydrogen) atoms. The van der Waals surface area contributed by atoms with Gasteiger partial charge < -0.3 is 4.98 Å². The number of aryl methyl sites for hydroxylation is 1. The van der Waals surface area contributed by atoms with Gasteiger partial charge in [0.2, 0.25) is 0 Å². The molecule has 0 aliphatic heterocycles. The van der Waals surface area contributed by atoms with Gasteiger partial charge in [0.05, 0.1) is 11.9 Å². The fraction of sp³-hybridized carbons (Fsp3) is 0.0714. The number of aromatic nitrogens is 4. The summed E-state index contributed by atoms with van der Waals surface area (Å²) in [6.07, 6.45) is 3.60. The van der Waals surface area contributed by atoms with Crippen molar-refractivity contribution in [2.24, 2.45) is 7.05 Å². The Morgan fingerprint density at radius 1 is 1.25 bits per heavy atom. The molecule has 0 radical (unpaired) electrons. The van der Waals surface area contributed by atoms with Crippen LogP contribution in [0.25, 0.3) is 22.6 Å². The topological polar surface area (TPSA) is 46.5 Å². The largest absolute Gasteiger partial charge is 0.339 e. The van der Waals surface area contributed by atoms with Gasteiger partial charge in [-0.15, -0.1) is 0 Å². The molecule has 0 fully saturated rings. The third kappa shape index (κ3) is 2.50. The molecule has 1 aromatic carbocycles. The number of nitrogens with zero attached hydrogens (tertiary/aromatic N) is 3. The normalized spacial score (nSPS) is 10.7. The Labute approximate surface area is 119 Å². The summed E-state index contributed by atoms with van der Waals surface area (Å²) in [5.74, 6) is 0.228. The number of rotatable bonds is 2. The summed E-state index contributed by atoms with van der Waals surface area (Å²) in [4.78, 5) is 7.40. The second kappa shape index (κ2) is 4.97. The third-order valence-electron chi connectivity index (χ3n) is 2.86. The minimum atomic E-state index is -0.310. The second-order valence-electron chi connectivity index (χ2n) is 4.39. The van der Waals surface area contributed by atoms with E-state index in [0.29, 0.717) is 16.0 Å². The first-order valence-corrected chi connectivity index (χ1v) is 6.39. The molecule has 3 aromatic rings. The smallest absolute Gasteiger partial charge is 0.139 e. The number of aromatic amines is 1. The van der Waals surface area contributed by atoms with Crippen LogP contribution in [-0.2, 0) is 7.05 Å². The van der Waals surface area contributed by atoms with Crippen LogP contribution < -0.4 is 0 Å². The van der Waals surface area contributed by atoms with Gasteiger partial charge in [-0.05, 0) is 18.2 Å². The lowest BCUT2D eigenvalue weighted by molar-refractivity contribution is 0.628. The molecule has 100 valence electrons. The van der Waals surface area contributed by atoms with Gasteiger partial charge in [-0.3, -0.25) is 4.68 Å². The van der Waals surface area contributed by atoms with E-state index in [-0.39, 0.29) is 5.82 Å². The Bertz CT molecular complexity index is 822. The fourth-order valence-corrected chi connectivity index (χ4v) is 2.15. The van der Waals surface area contributed by atoms with Crippen LogP contribution in [0.4, 0.5) is 4.39 Å². The second-order valence-corrected chi connectivity index (χ2v) is 4.81. The number of H-pyrrole nitrogens is 1. The van der Waals surface area contributed by atoms with Gasteiger partial charge in [-0.1, -0.05) is 24.4 Å². The summed E-state index contributed by atoms with van der Waals surface area (Å²) in [7, 11) is 1.84. The van der Waals surface area contributed by atoms with Gasteiger partial charge in [-0.2, -0.15) is 5.10 Å². The number of benzene rings is 1. The molecular weight excluding hydrogens is 275 g/mol.